The van der Waals surface area contributed by atoms with Gasteiger partial charge in [0.2, 0.25) is 5.95 Å². The van der Waals surface area contributed by atoms with Gasteiger partial charge in [0.15, 0.2) is 5.65 Å². The van der Waals surface area contributed by atoms with Crippen molar-refractivity contribution in [1.82, 2.24) is 19.6 Å². The van der Waals surface area contributed by atoms with Gasteiger partial charge in [-0.15, -0.1) is 10.2 Å². The van der Waals surface area contributed by atoms with E-state index in [-0.39, 0.29) is 0 Å². The third kappa shape index (κ3) is 2.06. The van der Waals surface area contributed by atoms with Gasteiger partial charge in [0.25, 0.3) is 0 Å². The van der Waals surface area contributed by atoms with Gasteiger partial charge in [-0.2, -0.15) is 0 Å². The summed E-state index contributed by atoms with van der Waals surface area (Å²) < 4.78 is 8.02. The molecule has 3 heterocycles. The molecule has 7 heteroatoms. The van der Waals surface area contributed by atoms with E-state index in [1.165, 1.54) is 0 Å². The van der Waals surface area contributed by atoms with E-state index in [0.717, 1.165) is 26.7 Å². The van der Waals surface area contributed by atoms with Crippen molar-refractivity contribution in [3.63, 3.8) is 0 Å². The molecule has 4 aromatic rings. The highest BCUT2D eigenvalue weighted by Gasteiger charge is 2.08. The number of fused-ring (bicyclic) bond motifs is 2. The van der Waals surface area contributed by atoms with Crippen molar-refractivity contribution >= 4 is 38.5 Å². The van der Waals surface area contributed by atoms with E-state index in [9.17, 15) is 0 Å². The Labute approximate surface area is 127 Å². The fourth-order valence-corrected chi connectivity index (χ4v) is 2.68. The number of hydrogen-bond acceptors (Lipinski definition) is 5. The Kier molecular flexibility index (Phi) is 2.85. The molecule has 0 fully saturated rings. The van der Waals surface area contributed by atoms with Crippen molar-refractivity contribution in [3.05, 3.63) is 53.1 Å². The molecule has 0 aliphatic heterocycles. The van der Waals surface area contributed by atoms with E-state index in [1.54, 1.807) is 23.2 Å². The fraction of sp³-hybridized carbons (Fsp3) is 0.0714. The van der Waals surface area contributed by atoms with Crippen LogP contribution in [0, 0.1) is 0 Å². The quantitative estimate of drug-likeness (QED) is 0.618. The molecule has 6 nitrogen and oxygen atoms in total. The lowest BCUT2D eigenvalue weighted by molar-refractivity contribution is 0.616. The summed E-state index contributed by atoms with van der Waals surface area (Å²) in [6, 6.07) is 7.96. The summed E-state index contributed by atoms with van der Waals surface area (Å²) in [5.41, 5.74) is 2.76. The zero-order chi connectivity index (χ0) is 14.2. The predicted molar refractivity (Wildman–Crippen MR) is 82.0 cm³/mol. The molecule has 21 heavy (non-hydrogen) atoms. The monoisotopic (exact) mass is 343 g/mol. The summed E-state index contributed by atoms with van der Waals surface area (Å²) in [6.45, 7) is 0.638. The second-order valence-electron chi connectivity index (χ2n) is 4.56. The highest BCUT2D eigenvalue weighted by molar-refractivity contribution is 9.10. The van der Waals surface area contributed by atoms with Gasteiger partial charge in [-0.25, -0.2) is 4.98 Å². The SMILES string of the molecule is Brc1cnc(NCc2cccc3occc23)n2cnnc12. The van der Waals surface area contributed by atoms with E-state index < -0.39 is 0 Å². The number of rotatable bonds is 3. The lowest BCUT2D eigenvalue weighted by atomic mass is 10.1. The Balaban J connectivity index is 1.68. The first-order valence-electron chi connectivity index (χ1n) is 6.36. The van der Waals surface area contributed by atoms with E-state index >= 15 is 0 Å². The van der Waals surface area contributed by atoms with Gasteiger partial charge >= 0.3 is 0 Å². The van der Waals surface area contributed by atoms with Gasteiger partial charge in [-0.1, -0.05) is 12.1 Å². The first-order valence-corrected chi connectivity index (χ1v) is 7.15. The van der Waals surface area contributed by atoms with Crippen LogP contribution in [0.5, 0.6) is 0 Å². The van der Waals surface area contributed by atoms with Gasteiger partial charge in [-0.05, 0) is 33.6 Å². The summed E-state index contributed by atoms with van der Waals surface area (Å²) >= 11 is 3.41. The third-order valence-electron chi connectivity index (χ3n) is 3.31. The number of halogens is 1. The van der Waals surface area contributed by atoms with Crippen LogP contribution in [0.4, 0.5) is 5.95 Å². The first kappa shape index (κ1) is 12.3. The van der Waals surface area contributed by atoms with E-state index in [1.807, 2.05) is 18.2 Å². The zero-order valence-corrected chi connectivity index (χ0v) is 12.4. The second kappa shape index (κ2) is 4.85. The molecule has 0 aliphatic rings. The van der Waals surface area contributed by atoms with Crippen LogP contribution in [0.15, 0.2) is 51.9 Å². The van der Waals surface area contributed by atoms with Crippen LogP contribution in [-0.2, 0) is 6.54 Å². The smallest absolute Gasteiger partial charge is 0.210 e. The van der Waals surface area contributed by atoms with E-state index in [4.69, 9.17) is 4.42 Å². The summed E-state index contributed by atoms with van der Waals surface area (Å²) in [5.74, 6) is 0.693. The molecule has 0 atom stereocenters. The number of nitrogens with one attached hydrogen (secondary N) is 1. The number of anilines is 1. The predicted octanol–water partition coefficient (Wildman–Crippen LogP) is 3.25. The van der Waals surface area contributed by atoms with Crippen molar-refractivity contribution < 1.29 is 4.42 Å². The van der Waals surface area contributed by atoms with Crippen LogP contribution in [0.1, 0.15) is 5.56 Å². The maximum atomic E-state index is 5.41. The third-order valence-corrected chi connectivity index (χ3v) is 3.87. The van der Waals surface area contributed by atoms with Crippen LogP contribution in [-0.4, -0.2) is 19.6 Å². The molecule has 0 aliphatic carbocycles. The van der Waals surface area contributed by atoms with Crippen molar-refractivity contribution in [3.8, 4) is 0 Å². The molecule has 4 rings (SSSR count). The maximum absolute atomic E-state index is 5.41. The van der Waals surface area contributed by atoms with Crippen molar-refractivity contribution in [2.75, 3.05) is 5.32 Å². The average molecular weight is 344 g/mol. The van der Waals surface area contributed by atoms with E-state index in [0.29, 0.717) is 12.5 Å². The molecule has 0 saturated carbocycles. The number of furan rings is 1. The van der Waals surface area contributed by atoms with Gasteiger partial charge in [0.05, 0.1) is 10.7 Å². The molecule has 0 bridgehead atoms. The van der Waals surface area contributed by atoms with Crippen LogP contribution < -0.4 is 5.32 Å². The summed E-state index contributed by atoms with van der Waals surface area (Å²) in [6.07, 6.45) is 5.04. The molecule has 0 saturated heterocycles. The molecule has 0 radical (unpaired) electrons. The molecule has 0 amide bonds. The van der Waals surface area contributed by atoms with Crippen molar-refractivity contribution in [2.45, 2.75) is 6.54 Å². The van der Waals surface area contributed by atoms with Gasteiger partial charge < -0.3 is 9.73 Å². The Morgan fingerprint density at radius 2 is 2.24 bits per heavy atom. The number of hydrogen-bond donors (Lipinski definition) is 1. The topological polar surface area (TPSA) is 68.2 Å². The molecule has 0 unspecified atom stereocenters. The van der Waals surface area contributed by atoms with Crippen molar-refractivity contribution in [1.29, 1.82) is 0 Å². The zero-order valence-electron chi connectivity index (χ0n) is 10.8. The second-order valence-corrected chi connectivity index (χ2v) is 5.41. The van der Waals surface area contributed by atoms with Gasteiger partial charge in [0, 0.05) is 18.1 Å². The summed E-state index contributed by atoms with van der Waals surface area (Å²) in [5, 5.41) is 12.4. The summed E-state index contributed by atoms with van der Waals surface area (Å²) in [4.78, 5) is 4.36. The number of benzene rings is 1. The van der Waals surface area contributed by atoms with E-state index in [2.05, 4.69) is 42.5 Å². The van der Waals surface area contributed by atoms with Crippen molar-refractivity contribution in [2.24, 2.45) is 0 Å². The minimum Gasteiger partial charge on any atom is -0.464 e. The Hall–Kier alpha value is -2.41. The Bertz CT molecular complexity index is 929. The molecule has 1 N–H and O–H groups in total. The fourth-order valence-electron chi connectivity index (χ4n) is 2.31. The number of nitrogens with zero attached hydrogens (tertiary/aromatic N) is 4. The number of aromatic nitrogens is 4. The normalized spacial score (nSPS) is 11.3. The first-order chi connectivity index (χ1) is 10.3. The van der Waals surface area contributed by atoms with Gasteiger partial charge in [0.1, 0.15) is 11.9 Å². The molecular weight excluding hydrogens is 334 g/mol. The highest BCUT2D eigenvalue weighted by atomic mass is 79.9. The molecular formula is C14H10BrN5O. The average Bonchev–Trinajstić information content (AvgIpc) is 3.16. The molecule has 3 aromatic heterocycles. The molecule has 104 valence electrons. The Morgan fingerprint density at radius 3 is 3.19 bits per heavy atom. The largest absolute Gasteiger partial charge is 0.464 e. The highest BCUT2D eigenvalue weighted by Crippen LogP contribution is 2.22. The maximum Gasteiger partial charge on any atom is 0.210 e. The van der Waals surface area contributed by atoms with Crippen LogP contribution in [0.2, 0.25) is 0 Å². The lowest BCUT2D eigenvalue weighted by Gasteiger charge is -2.08. The van der Waals surface area contributed by atoms with Crippen LogP contribution in [0.25, 0.3) is 16.6 Å². The lowest BCUT2D eigenvalue weighted by Crippen LogP contribution is -2.06. The minimum atomic E-state index is 0.638. The summed E-state index contributed by atoms with van der Waals surface area (Å²) in [7, 11) is 0. The molecule has 1 aromatic carbocycles. The molecule has 0 spiro atoms. The Morgan fingerprint density at radius 1 is 1.29 bits per heavy atom. The standard InChI is InChI=1S/C14H10BrN5O/c15-11-7-17-14(20-8-18-19-13(11)20)16-6-9-2-1-3-12-10(9)4-5-21-12/h1-5,7-8H,6H2,(H,16,17). The van der Waals surface area contributed by atoms with Gasteiger partial charge in [-0.3, -0.25) is 4.40 Å². The van der Waals surface area contributed by atoms with Crippen LogP contribution >= 0.6 is 15.9 Å². The van der Waals surface area contributed by atoms with Crippen LogP contribution in [0.3, 0.4) is 0 Å². The minimum absolute atomic E-state index is 0.638.